The quantitative estimate of drug-likeness (QED) is 0.719. The average molecular weight is 370 g/mol. The second-order valence-corrected chi connectivity index (χ2v) is 5.16. The molecule has 0 unspecified atom stereocenters. The highest BCUT2D eigenvalue weighted by Crippen LogP contribution is 2.22. The standard InChI is InChI=1S/C17H19N3O2.2ClH/c1-21-12-5-3-11(4-6-12)9-14(18)17-19-15-8-7-13(22-2)10-16(15)20-17;;/h3-8,10,14H,9,18H2,1-2H3,(H,19,20);2*1H/t14-;;/m1../s1. The van der Waals surface area contributed by atoms with Gasteiger partial charge in [-0.1, -0.05) is 12.1 Å². The third kappa shape index (κ3) is 4.32. The van der Waals surface area contributed by atoms with E-state index >= 15 is 0 Å². The maximum Gasteiger partial charge on any atom is 0.124 e. The van der Waals surface area contributed by atoms with E-state index in [1.807, 2.05) is 42.5 Å². The molecule has 130 valence electrons. The second kappa shape index (κ2) is 8.78. The summed E-state index contributed by atoms with van der Waals surface area (Å²) >= 11 is 0. The molecule has 2 aromatic carbocycles. The zero-order valence-corrected chi connectivity index (χ0v) is 15.1. The third-order valence-corrected chi connectivity index (χ3v) is 3.67. The molecule has 24 heavy (non-hydrogen) atoms. The monoisotopic (exact) mass is 369 g/mol. The van der Waals surface area contributed by atoms with Gasteiger partial charge in [-0.3, -0.25) is 0 Å². The number of aromatic nitrogens is 2. The van der Waals surface area contributed by atoms with Gasteiger partial charge in [-0.25, -0.2) is 4.98 Å². The van der Waals surface area contributed by atoms with Gasteiger partial charge in [0, 0.05) is 6.07 Å². The van der Waals surface area contributed by atoms with E-state index in [0.29, 0.717) is 6.42 Å². The summed E-state index contributed by atoms with van der Waals surface area (Å²) in [5.41, 5.74) is 9.24. The minimum Gasteiger partial charge on any atom is -0.497 e. The molecule has 0 fully saturated rings. The fraction of sp³-hybridized carbons (Fsp3) is 0.235. The Morgan fingerprint density at radius 2 is 1.62 bits per heavy atom. The zero-order valence-electron chi connectivity index (χ0n) is 13.5. The molecule has 1 atom stereocenters. The number of rotatable bonds is 5. The summed E-state index contributed by atoms with van der Waals surface area (Å²) in [6.45, 7) is 0. The number of nitrogens with two attached hydrogens (primary N) is 1. The number of ether oxygens (including phenoxy) is 2. The van der Waals surface area contributed by atoms with Crippen molar-refractivity contribution in [2.45, 2.75) is 12.5 Å². The van der Waals surface area contributed by atoms with Gasteiger partial charge in [0.1, 0.15) is 17.3 Å². The third-order valence-electron chi connectivity index (χ3n) is 3.67. The number of fused-ring (bicyclic) bond motifs is 1. The molecule has 3 aromatic rings. The van der Waals surface area contributed by atoms with E-state index in [4.69, 9.17) is 15.2 Å². The number of methoxy groups -OCH3 is 2. The number of hydrogen-bond acceptors (Lipinski definition) is 4. The van der Waals surface area contributed by atoms with Crippen LogP contribution in [0.25, 0.3) is 11.0 Å². The van der Waals surface area contributed by atoms with Gasteiger partial charge in [-0.2, -0.15) is 0 Å². The van der Waals surface area contributed by atoms with E-state index in [1.165, 1.54) is 0 Å². The first kappa shape index (κ1) is 20.1. The van der Waals surface area contributed by atoms with Crippen LogP contribution in [0.3, 0.4) is 0 Å². The molecule has 0 radical (unpaired) electrons. The molecule has 1 aromatic heterocycles. The number of aromatic amines is 1. The summed E-state index contributed by atoms with van der Waals surface area (Å²) < 4.78 is 10.4. The molecule has 0 aliphatic carbocycles. The smallest absolute Gasteiger partial charge is 0.124 e. The van der Waals surface area contributed by atoms with Crippen LogP contribution in [0.2, 0.25) is 0 Å². The van der Waals surface area contributed by atoms with Crippen LogP contribution in [0, 0.1) is 0 Å². The van der Waals surface area contributed by atoms with Gasteiger partial charge >= 0.3 is 0 Å². The Labute approximate surface area is 153 Å². The van der Waals surface area contributed by atoms with E-state index in [0.717, 1.165) is 33.9 Å². The van der Waals surface area contributed by atoms with Gasteiger partial charge in [0.05, 0.1) is 31.3 Å². The van der Waals surface area contributed by atoms with Crippen molar-refractivity contribution in [1.29, 1.82) is 0 Å². The maximum atomic E-state index is 6.28. The van der Waals surface area contributed by atoms with E-state index in [9.17, 15) is 0 Å². The molecule has 0 saturated carbocycles. The molecular formula is C17H21Cl2N3O2. The number of halogens is 2. The van der Waals surface area contributed by atoms with Gasteiger partial charge in [0.2, 0.25) is 0 Å². The highest BCUT2D eigenvalue weighted by atomic mass is 35.5. The Morgan fingerprint density at radius 3 is 2.25 bits per heavy atom. The van der Waals surface area contributed by atoms with Crippen LogP contribution >= 0.6 is 24.8 Å². The van der Waals surface area contributed by atoms with Crippen molar-refractivity contribution >= 4 is 35.8 Å². The summed E-state index contributed by atoms with van der Waals surface area (Å²) in [5.74, 6) is 2.40. The first-order valence-corrected chi connectivity index (χ1v) is 7.12. The average Bonchev–Trinajstić information content (AvgIpc) is 2.98. The number of H-pyrrole nitrogens is 1. The highest BCUT2D eigenvalue weighted by Gasteiger charge is 2.12. The summed E-state index contributed by atoms with van der Waals surface area (Å²) in [6.07, 6.45) is 0.709. The number of nitrogens with zero attached hydrogens (tertiary/aromatic N) is 1. The molecule has 0 aliphatic heterocycles. The number of benzene rings is 2. The van der Waals surface area contributed by atoms with Crippen LogP contribution < -0.4 is 15.2 Å². The Bertz CT molecular complexity index is 775. The van der Waals surface area contributed by atoms with Crippen LogP contribution in [-0.4, -0.2) is 24.2 Å². The Balaban J connectivity index is 0.00000144. The van der Waals surface area contributed by atoms with Gasteiger partial charge in [-0.15, -0.1) is 24.8 Å². The van der Waals surface area contributed by atoms with E-state index in [1.54, 1.807) is 14.2 Å². The molecule has 0 aliphatic rings. The van der Waals surface area contributed by atoms with Crippen molar-refractivity contribution in [2.75, 3.05) is 14.2 Å². The van der Waals surface area contributed by atoms with Crippen LogP contribution in [0.4, 0.5) is 0 Å². The number of imidazole rings is 1. The fourth-order valence-corrected chi connectivity index (χ4v) is 2.42. The van der Waals surface area contributed by atoms with Gasteiger partial charge in [0.25, 0.3) is 0 Å². The topological polar surface area (TPSA) is 73.2 Å². The van der Waals surface area contributed by atoms with Crippen molar-refractivity contribution in [3.63, 3.8) is 0 Å². The van der Waals surface area contributed by atoms with Crippen molar-refractivity contribution in [3.8, 4) is 11.5 Å². The van der Waals surface area contributed by atoms with Crippen LogP contribution in [0.5, 0.6) is 11.5 Å². The molecule has 0 bridgehead atoms. The lowest BCUT2D eigenvalue weighted by atomic mass is 10.1. The minimum absolute atomic E-state index is 0. The van der Waals surface area contributed by atoms with Crippen molar-refractivity contribution in [3.05, 3.63) is 53.9 Å². The SMILES string of the molecule is COc1ccc(C[C@@H](N)c2nc3cc(OC)ccc3[nH]2)cc1.Cl.Cl. The molecule has 0 spiro atoms. The molecule has 3 N–H and O–H groups in total. The second-order valence-electron chi connectivity index (χ2n) is 5.16. The van der Waals surface area contributed by atoms with Gasteiger partial charge in [-0.05, 0) is 36.2 Å². The largest absolute Gasteiger partial charge is 0.497 e. The first-order valence-electron chi connectivity index (χ1n) is 7.12. The van der Waals surface area contributed by atoms with E-state index < -0.39 is 0 Å². The molecule has 0 saturated heterocycles. The summed E-state index contributed by atoms with van der Waals surface area (Å²) in [4.78, 5) is 7.84. The van der Waals surface area contributed by atoms with Crippen molar-refractivity contribution in [1.82, 2.24) is 9.97 Å². The Morgan fingerprint density at radius 1 is 1.00 bits per heavy atom. The predicted octanol–water partition coefficient (Wildman–Crippen LogP) is 3.67. The van der Waals surface area contributed by atoms with Crippen LogP contribution in [0.15, 0.2) is 42.5 Å². The first-order chi connectivity index (χ1) is 10.7. The highest BCUT2D eigenvalue weighted by molar-refractivity contribution is 5.85. The number of hydrogen-bond donors (Lipinski definition) is 2. The molecule has 1 heterocycles. The molecule has 3 rings (SSSR count). The normalized spacial score (nSPS) is 11.3. The van der Waals surface area contributed by atoms with E-state index in [2.05, 4.69) is 9.97 Å². The fourth-order valence-electron chi connectivity index (χ4n) is 2.42. The Kier molecular flexibility index (Phi) is 7.35. The minimum atomic E-state index is -0.188. The van der Waals surface area contributed by atoms with Crippen molar-refractivity contribution < 1.29 is 9.47 Å². The Hall–Kier alpha value is -1.95. The molecule has 7 heteroatoms. The van der Waals surface area contributed by atoms with Crippen molar-refractivity contribution in [2.24, 2.45) is 5.73 Å². The van der Waals surface area contributed by atoms with Gasteiger partial charge < -0.3 is 20.2 Å². The lowest BCUT2D eigenvalue weighted by molar-refractivity contribution is 0.414. The molecule has 5 nitrogen and oxygen atoms in total. The molecule has 0 amide bonds. The van der Waals surface area contributed by atoms with E-state index in [-0.39, 0.29) is 30.9 Å². The lowest BCUT2D eigenvalue weighted by Crippen LogP contribution is -2.14. The van der Waals surface area contributed by atoms with Crippen LogP contribution in [-0.2, 0) is 6.42 Å². The van der Waals surface area contributed by atoms with Crippen LogP contribution in [0.1, 0.15) is 17.4 Å². The summed E-state index contributed by atoms with van der Waals surface area (Å²) in [7, 11) is 3.30. The summed E-state index contributed by atoms with van der Waals surface area (Å²) in [6, 6.07) is 13.5. The number of nitrogens with one attached hydrogen (secondary N) is 1. The lowest BCUT2D eigenvalue weighted by Gasteiger charge is -2.09. The van der Waals surface area contributed by atoms with Gasteiger partial charge in [0.15, 0.2) is 0 Å². The molecular weight excluding hydrogens is 349 g/mol. The maximum absolute atomic E-state index is 6.28. The zero-order chi connectivity index (χ0) is 15.5. The summed E-state index contributed by atoms with van der Waals surface area (Å²) in [5, 5.41) is 0. The predicted molar refractivity (Wildman–Crippen MR) is 101 cm³/mol.